The molecule has 1 aliphatic rings. The molecule has 0 radical (unpaired) electrons. The third kappa shape index (κ3) is 3.38. The van der Waals surface area contributed by atoms with E-state index in [0.717, 1.165) is 43.6 Å². The summed E-state index contributed by atoms with van der Waals surface area (Å²) in [6.45, 7) is 3.66. The summed E-state index contributed by atoms with van der Waals surface area (Å²) >= 11 is 0. The number of amides is 1. The summed E-state index contributed by atoms with van der Waals surface area (Å²) in [6.07, 6.45) is 7.92. The van der Waals surface area contributed by atoms with E-state index in [2.05, 4.69) is 20.2 Å². The summed E-state index contributed by atoms with van der Waals surface area (Å²) in [5.41, 5.74) is 15.8. The van der Waals surface area contributed by atoms with Gasteiger partial charge in [0.1, 0.15) is 11.1 Å². The molecule has 0 aliphatic carbocycles. The van der Waals surface area contributed by atoms with Crippen molar-refractivity contribution in [1.82, 2.24) is 9.97 Å². The van der Waals surface area contributed by atoms with Crippen molar-refractivity contribution < 1.29 is 9.21 Å². The van der Waals surface area contributed by atoms with E-state index in [1.54, 1.807) is 18.6 Å². The fourth-order valence-corrected chi connectivity index (χ4v) is 3.62. The lowest BCUT2D eigenvalue weighted by molar-refractivity contribution is 0.102. The van der Waals surface area contributed by atoms with E-state index in [0.29, 0.717) is 16.8 Å². The standard InChI is InChI=1S/C20H24N6O2/c1-2-12-8-16-18(24-9-12)17(19(22)28-16)20(27)25-14-10-23-6-5-15(14)26-7-3-4-13(21)11-26/h5-6,8-10,13H,2-4,7,11,21-22H2,1H3,(H,25,27)/t13-/m1/s1. The minimum Gasteiger partial charge on any atom is -0.438 e. The van der Waals surface area contributed by atoms with Crippen molar-refractivity contribution in [3.63, 3.8) is 0 Å². The highest BCUT2D eigenvalue weighted by Crippen LogP contribution is 2.31. The third-order valence-corrected chi connectivity index (χ3v) is 5.09. The monoisotopic (exact) mass is 380 g/mol. The number of aryl methyl sites for hydroxylation is 1. The first kappa shape index (κ1) is 18.2. The number of hydrogen-bond acceptors (Lipinski definition) is 7. The van der Waals surface area contributed by atoms with Crippen LogP contribution in [0.3, 0.4) is 0 Å². The normalized spacial score (nSPS) is 17.1. The Morgan fingerprint density at radius 3 is 3.07 bits per heavy atom. The Morgan fingerprint density at radius 2 is 2.29 bits per heavy atom. The van der Waals surface area contributed by atoms with Gasteiger partial charge < -0.3 is 26.1 Å². The molecule has 1 amide bonds. The van der Waals surface area contributed by atoms with Gasteiger partial charge in [-0.25, -0.2) is 0 Å². The molecular formula is C20H24N6O2. The van der Waals surface area contributed by atoms with Gasteiger partial charge >= 0.3 is 0 Å². The number of carbonyl (C=O) groups is 1. The van der Waals surface area contributed by atoms with Gasteiger partial charge in [0.2, 0.25) is 5.88 Å². The predicted molar refractivity (Wildman–Crippen MR) is 109 cm³/mol. The number of carbonyl (C=O) groups excluding carboxylic acids is 1. The second kappa shape index (κ2) is 7.47. The van der Waals surface area contributed by atoms with E-state index >= 15 is 0 Å². The summed E-state index contributed by atoms with van der Waals surface area (Å²) < 4.78 is 5.57. The highest BCUT2D eigenvalue weighted by atomic mass is 16.3. The molecule has 1 atom stereocenters. The summed E-state index contributed by atoms with van der Waals surface area (Å²) in [5.74, 6) is -0.317. The lowest BCUT2D eigenvalue weighted by atomic mass is 10.1. The lowest BCUT2D eigenvalue weighted by Crippen LogP contribution is -2.43. The van der Waals surface area contributed by atoms with E-state index in [1.165, 1.54) is 0 Å². The molecular weight excluding hydrogens is 356 g/mol. The van der Waals surface area contributed by atoms with Gasteiger partial charge in [-0.05, 0) is 37.0 Å². The highest BCUT2D eigenvalue weighted by Gasteiger charge is 2.24. The first-order chi connectivity index (χ1) is 13.6. The van der Waals surface area contributed by atoms with Crippen LogP contribution in [0.1, 0.15) is 35.7 Å². The Kier molecular flexibility index (Phi) is 4.87. The molecule has 146 valence electrons. The van der Waals surface area contributed by atoms with Crippen LogP contribution in [0.5, 0.6) is 0 Å². The number of nitrogen functional groups attached to an aromatic ring is 1. The Bertz CT molecular complexity index is 1020. The van der Waals surface area contributed by atoms with E-state index < -0.39 is 0 Å². The van der Waals surface area contributed by atoms with Gasteiger partial charge in [-0.1, -0.05) is 6.92 Å². The zero-order valence-corrected chi connectivity index (χ0v) is 15.8. The average Bonchev–Trinajstić information content (AvgIpc) is 3.03. The second-order valence-corrected chi connectivity index (χ2v) is 7.08. The fraction of sp³-hybridized carbons (Fsp3) is 0.350. The van der Waals surface area contributed by atoms with Gasteiger partial charge in [0.25, 0.3) is 5.91 Å². The smallest absolute Gasteiger partial charge is 0.263 e. The Balaban J connectivity index is 1.65. The molecule has 5 N–H and O–H groups in total. The summed E-state index contributed by atoms with van der Waals surface area (Å²) in [6, 6.07) is 3.87. The molecule has 0 unspecified atom stereocenters. The van der Waals surface area contributed by atoms with Crippen molar-refractivity contribution >= 4 is 34.3 Å². The van der Waals surface area contributed by atoms with Crippen LogP contribution >= 0.6 is 0 Å². The molecule has 1 saturated heterocycles. The van der Waals surface area contributed by atoms with E-state index in [-0.39, 0.29) is 23.4 Å². The van der Waals surface area contributed by atoms with Crippen LogP contribution in [0.25, 0.3) is 11.1 Å². The van der Waals surface area contributed by atoms with E-state index in [4.69, 9.17) is 15.9 Å². The van der Waals surface area contributed by atoms with Gasteiger partial charge in [-0.2, -0.15) is 0 Å². The minimum atomic E-state index is -0.372. The van der Waals surface area contributed by atoms with Gasteiger partial charge in [0.05, 0.1) is 17.6 Å². The number of anilines is 3. The third-order valence-electron chi connectivity index (χ3n) is 5.09. The molecule has 8 nitrogen and oxygen atoms in total. The van der Waals surface area contributed by atoms with Crippen molar-refractivity contribution in [1.29, 1.82) is 0 Å². The van der Waals surface area contributed by atoms with Crippen LogP contribution in [0.15, 0.2) is 35.1 Å². The van der Waals surface area contributed by atoms with Gasteiger partial charge in [0, 0.05) is 31.5 Å². The van der Waals surface area contributed by atoms with Crippen LogP contribution in [-0.4, -0.2) is 35.0 Å². The number of aromatic nitrogens is 2. The summed E-state index contributed by atoms with van der Waals surface area (Å²) in [4.78, 5) is 23.7. The lowest BCUT2D eigenvalue weighted by Gasteiger charge is -2.33. The number of fused-ring (bicyclic) bond motifs is 1. The van der Waals surface area contributed by atoms with Gasteiger partial charge in [-0.3, -0.25) is 14.8 Å². The summed E-state index contributed by atoms with van der Waals surface area (Å²) in [5, 5.41) is 2.92. The quantitative estimate of drug-likeness (QED) is 0.635. The van der Waals surface area contributed by atoms with Gasteiger partial charge in [-0.15, -0.1) is 0 Å². The molecule has 1 fully saturated rings. The van der Waals surface area contributed by atoms with Crippen LogP contribution in [0.2, 0.25) is 0 Å². The molecule has 4 rings (SSSR count). The molecule has 3 aromatic heterocycles. The molecule has 4 heterocycles. The number of pyridine rings is 2. The average molecular weight is 380 g/mol. The number of piperidine rings is 1. The first-order valence-electron chi connectivity index (χ1n) is 9.49. The topological polar surface area (TPSA) is 123 Å². The van der Waals surface area contributed by atoms with Gasteiger partial charge in [0.15, 0.2) is 5.58 Å². The largest absolute Gasteiger partial charge is 0.438 e. The SMILES string of the molecule is CCc1cnc2c(C(=O)Nc3cnccc3N3CCC[C@@H](N)C3)c(N)oc2c1. The Labute approximate surface area is 162 Å². The number of nitrogens with one attached hydrogen (secondary N) is 1. The second-order valence-electron chi connectivity index (χ2n) is 7.08. The van der Waals surface area contributed by atoms with Crippen molar-refractivity contribution in [3.8, 4) is 0 Å². The van der Waals surface area contributed by atoms with Crippen LogP contribution in [0.4, 0.5) is 17.3 Å². The molecule has 0 spiro atoms. The number of rotatable bonds is 4. The first-order valence-corrected chi connectivity index (χ1v) is 9.49. The fourth-order valence-electron chi connectivity index (χ4n) is 3.62. The molecule has 8 heteroatoms. The number of hydrogen-bond donors (Lipinski definition) is 3. The Hall–Kier alpha value is -3.13. The van der Waals surface area contributed by atoms with Crippen molar-refractivity contribution in [3.05, 3.63) is 41.9 Å². The van der Waals surface area contributed by atoms with E-state index in [9.17, 15) is 4.79 Å². The molecule has 3 aromatic rings. The molecule has 0 saturated carbocycles. The zero-order valence-electron chi connectivity index (χ0n) is 15.8. The maximum Gasteiger partial charge on any atom is 0.263 e. The van der Waals surface area contributed by atoms with E-state index in [1.807, 2.05) is 19.1 Å². The highest BCUT2D eigenvalue weighted by molar-refractivity contribution is 6.15. The number of furan rings is 1. The van der Waals surface area contributed by atoms with Crippen molar-refractivity contribution in [2.45, 2.75) is 32.2 Å². The predicted octanol–water partition coefficient (Wildman–Crippen LogP) is 2.55. The molecule has 28 heavy (non-hydrogen) atoms. The minimum absolute atomic E-state index is 0.0543. The zero-order chi connectivity index (χ0) is 19.7. The van der Waals surface area contributed by atoms with Crippen LogP contribution < -0.4 is 21.7 Å². The molecule has 1 aliphatic heterocycles. The van der Waals surface area contributed by atoms with Crippen LogP contribution in [-0.2, 0) is 6.42 Å². The Morgan fingerprint density at radius 1 is 1.43 bits per heavy atom. The summed E-state index contributed by atoms with van der Waals surface area (Å²) in [7, 11) is 0. The number of nitrogens with zero attached hydrogens (tertiary/aromatic N) is 3. The molecule has 0 bridgehead atoms. The molecule has 0 aromatic carbocycles. The maximum atomic E-state index is 13.0. The van der Waals surface area contributed by atoms with Crippen molar-refractivity contribution in [2.24, 2.45) is 5.73 Å². The van der Waals surface area contributed by atoms with Crippen molar-refractivity contribution in [2.75, 3.05) is 29.0 Å². The number of nitrogens with two attached hydrogens (primary N) is 2. The maximum absolute atomic E-state index is 13.0. The van der Waals surface area contributed by atoms with Crippen LogP contribution in [0, 0.1) is 0 Å².